The topological polar surface area (TPSA) is 23.6 Å². The smallest absolute Gasteiger partial charge is 0.165 e. The Bertz CT molecular complexity index is 648. The number of Topliss-reactive ketones (excluding diaryl/α,β-unsaturated/α-hetero) is 1. The third-order valence-corrected chi connectivity index (χ3v) is 7.21. The summed E-state index contributed by atoms with van der Waals surface area (Å²) in [6.07, 6.45) is 11.4. The minimum absolute atomic E-state index is 0.109. The summed E-state index contributed by atoms with van der Waals surface area (Å²) >= 11 is 0. The van der Waals surface area contributed by atoms with Crippen molar-refractivity contribution in [2.75, 3.05) is 37.6 Å². The van der Waals surface area contributed by atoms with Gasteiger partial charge in [0.25, 0.3) is 0 Å². The van der Waals surface area contributed by atoms with Gasteiger partial charge in [0.2, 0.25) is 0 Å². The standard InChI is InChI=1S/C28H48N2O/c1-6-10-11-12-14-24(13-7-2)22-29-17-19-30(20-18-29)26-15-16-27(25(9-4)21-26)28(31)23(5)8-3/h15-16,21,23-24H,6-14,17-20,22H2,1-5H3. The molecule has 1 aromatic rings. The van der Waals surface area contributed by atoms with E-state index in [0.29, 0.717) is 5.78 Å². The maximum absolute atomic E-state index is 12.7. The SMILES string of the molecule is CCCCCCC(CCC)CN1CCN(c2ccc(C(=O)C(C)CC)c(CC)c2)CC1. The summed E-state index contributed by atoms with van der Waals surface area (Å²) in [7, 11) is 0. The van der Waals surface area contributed by atoms with Gasteiger partial charge in [0, 0.05) is 49.9 Å². The van der Waals surface area contributed by atoms with Gasteiger partial charge in [-0.2, -0.15) is 0 Å². The van der Waals surface area contributed by atoms with Gasteiger partial charge in [0.1, 0.15) is 0 Å². The average Bonchev–Trinajstić information content (AvgIpc) is 2.81. The number of rotatable bonds is 14. The molecule has 3 heteroatoms. The molecule has 1 aliphatic rings. The normalized spacial score (nSPS) is 17.0. The van der Waals surface area contributed by atoms with Crippen LogP contribution in [0.15, 0.2) is 18.2 Å². The van der Waals surface area contributed by atoms with Crippen LogP contribution in [0.4, 0.5) is 5.69 Å². The molecule has 3 nitrogen and oxygen atoms in total. The molecular weight excluding hydrogens is 380 g/mol. The summed E-state index contributed by atoms with van der Waals surface area (Å²) in [5, 5.41) is 0. The maximum atomic E-state index is 12.7. The van der Waals surface area contributed by atoms with Gasteiger partial charge in [-0.3, -0.25) is 9.69 Å². The molecule has 0 spiro atoms. The van der Waals surface area contributed by atoms with Gasteiger partial charge >= 0.3 is 0 Å². The molecule has 176 valence electrons. The number of benzene rings is 1. The van der Waals surface area contributed by atoms with Gasteiger partial charge in [-0.05, 0) is 55.4 Å². The lowest BCUT2D eigenvalue weighted by molar-refractivity contribution is 0.0926. The Morgan fingerprint density at radius 2 is 1.68 bits per heavy atom. The largest absolute Gasteiger partial charge is 0.369 e. The van der Waals surface area contributed by atoms with E-state index in [0.717, 1.165) is 50.5 Å². The molecule has 2 atom stereocenters. The zero-order chi connectivity index (χ0) is 22.6. The number of hydrogen-bond acceptors (Lipinski definition) is 3. The molecule has 0 aromatic heterocycles. The molecule has 0 radical (unpaired) electrons. The van der Waals surface area contributed by atoms with Crippen molar-refractivity contribution in [1.82, 2.24) is 4.90 Å². The lowest BCUT2D eigenvalue weighted by Gasteiger charge is -2.38. The lowest BCUT2D eigenvalue weighted by atomic mass is 9.92. The first-order valence-electron chi connectivity index (χ1n) is 13.2. The number of unbranched alkanes of at least 4 members (excludes halogenated alkanes) is 3. The molecule has 2 unspecified atom stereocenters. The Balaban J connectivity index is 1.92. The molecular formula is C28H48N2O. The number of hydrogen-bond donors (Lipinski definition) is 0. The molecule has 1 aliphatic heterocycles. The monoisotopic (exact) mass is 428 g/mol. The zero-order valence-corrected chi connectivity index (χ0v) is 21.1. The molecule has 0 N–H and O–H groups in total. The van der Waals surface area contributed by atoms with E-state index in [-0.39, 0.29) is 5.92 Å². The molecule has 0 bridgehead atoms. The van der Waals surface area contributed by atoms with Crippen LogP contribution in [-0.2, 0) is 6.42 Å². The van der Waals surface area contributed by atoms with Gasteiger partial charge in [-0.25, -0.2) is 0 Å². The predicted molar refractivity (Wildman–Crippen MR) is 135 cm³/mol. The average molecular weight is 429 g/mol. The summed E-state index contributed by atoms with van der Waals surface area (Å²) in [6, 6.07) is 6.54. The van der Waals surface area contributed by atoms with Crippen LogP contribution in [0.1, 0.15) is 102 Å². The summed E-state index contributed by atoms with van der Waals surface area (Å²) in [5.74, 6) is 1.28. The number of nitrogens with zero attached hydrogens (tertiary/aromatic N) is 2. The van der Waals surface area contributed by atoms with E-state index in [1.807, 2.05) is 6.92 Å². The van der Waals surface area contributed by atoms with Crippen molar-refractivity contribution in [3.63, 3.8) is 0 Å². The molecule has 0 aliphatic carbocycles. The molecule has 1 fully saturated rings. The van der Waals surface area contributed by atoms with Crippen molar-refractivity contribution in [2.45, 2.75) is 92.4 Å². The zero-order valence-electron chi connectivity index (χ0n) is 21.1. The van der Waals surface area contributed by atoms with Crippen LogP contribution in [0.2, 0.25) is 0 Å². The first-order valence-corrected chi connectivity index (χ1v) is 13.2. The van der Waals surface area contributed by atoms with Crippen LogP contribution in [0.25, 0.3) is 0 Å². The first kappa shape index (κ1) is 25.9. The van der Waals surface area contributed by atoms with E-state index in [1.165, 1.54) is 62.7 Å². The van der Waals surface area contributed by atoms with Crippen molar-refractivity contribution in [1.29, 1.82) is 0 Å². The Labute approximate surface area is 192 Å². The molecule has 0 amide bonds. The summed E-state index contributed by atoms with van der Waals surface area (Å²) in [6.45, 7) is 16.7. The summed E-state index contributed by atoms with van der Waals surface area (Å²) in [5.41, 5.74) is 3.44. The highest BCUT2D eigenvalue weighted by Crippen LogP contribution is 2.25. The van der Waals surface area contributed by atoms with E-state index in [1.54, 1.807) is 0 Å². The quantitative estimate of drug-likeness (QED) is 0.236. The first-order chi connectivity index (χ1) is 15.0. The summed E-state index contributed by atoms with van der Waals surface area (Å²) < 4.78 is 0. The van der Waals surface area contributed by atoms with Crippen LogP contribution in [0.3, 0.4) is 0 Å². The fourth-order valence-electron chi connectivity index (χ4n) is 4.91. The van der Waals surface area contributed by atoms with E-state index in [9.17, 15) is 4.79 Å². The van der Waals surface area contributed by atoms with Crippen LogP contribution in [0, 0.1) is 11.8 Å². The Morgan fingerprint density at radius 1 is 0.935 bits per heavy atom. The van der Waals surface area contributed by atoms with E-state index >= 15 is 0 Å². The van der Waals surface area contributed by atoms with Crippen LogP contribution in [0.5, 0.6) is 0 Å². The molecule has 1 aromatic carbocycles. The van der Waals surface area contributed by atoms with Crippen LogP contribution >= 0.6 is 0 Å². The van der Waals surface area contributed by atoms with Crippen molar-refractivity contribution in [2.24, 2.45) is 11.8 Å². The van der Waals surface area contributed by atoms with Gasteiger partial charge in [0.05, 0.1) is 0 Å². The molecule has 31 heavy (non-hydrogen) atoms. The Morgan fingerprint density at radius 3 is 2.29 bits per heavy atom. The lowest BCUT2D eigenvalue weighted by Crippen LogP contribution is -2.47. The number of piperazine rings is 1. The third-order valence-electron chi connectivity index (χ3n) is 7.21. The van der Waals surface area contributed by atoms with E-state index < -0.39 is 0 Å². The Kier molecular flexibility index (Phi) is 11.6. The number of aryl methyl sites for hydroxylation is 1. The fraction of sp³-hybridized carbons (Fsp3) is 0.750. The second-order valence-corrected chi connectivity index (χ2v) is 9.66. The molecule has 1 saturated heterocycles. The van der Waals surface area contributed by atoms with Crippen molar-refractivity contribution in [3.05, 3.63) is 29.3 Å². The molecule has 0 saturated carbocycles. The van der Waals surface area contributed by atoms with Crippen molar-refractivity contribution < 1.29 is 4.79 Å². The highest BCUT2D eigenvalue weighted by atomic mass is 16.1. The van der Waals surface area contributed by atoms with Crippen LogP contribution in [-0.4, -0.2) is 43.4 Å². The number of ketones is 1. The number of carbonyl (C=O) groups excluding carboxylic acids is 1. The minimum Gasteiger partial charge on any atom is -0.369 e. The Hall–Kier alpha value is -1.35. The highest BCUT2D eigenvalue weighted by molar-refractivity contribution is 5.99. The molecule has 1 heterocycles. The predicted octanol–water partition coefficient (Wildman–Crippen LogP) is 6.99. The fourth-order valence-corrected chi connectivity index (χ4v) is 4.91. The second-order valence-electron chi connectivity index (χ2n) is 9.66. The van der Waals surface area contributed by atoms with Gasteiger partial charge < -0.3 is 4.90 Å². The van der Waals surface area contributed by atoms with Gasteiger partial charge in [0.15, 0.2) is 5.78 Å². The number of carbonyl (C=O) groups is 1. The third kappa shape index (κ3) is 7.93. The van der Waals surface area contributed by atoms with Crippen LogP contribution < -0.4 is 4.90 Å². The maximum Gasteiger partial charge on any atom is 0.165 e. The minimum atomic E-state index is 0.109. The van der Waals surface area contributed by atoms with Crippen molar-refractivity contribution >= 4 is 11.5 Å². The second kappa shape index (κ2) is 13.9. The molecule has 2 rings (SSSR count). The van der Waals surface area contributed by atoms with E-state index in [2.05, 4.69) is 55.7 Å². The van der Waals surface area contributed by atoms with Gasteiger partial charge in [-0.15, -0.1) is 0 Å². The highest BCUT2D eigenvalue weighted by Gasteiger charge is 2.22. The van der Waals surface area contributed by atoms with Gasteiger partial charge in [-0.1, -0.05) is 66.7 Å². The van der Waals surface area contributed by atoms with Crippen molar-refractivity contribution in [3.8, 4) is 0 Å². The number of anilines is 1. The van der Waals surface area contributed by atoms with E-state index in [4.69, 9.17) is 0 Å². The summed E-state index contributed by atoms with van der Waals surface area (Å²) in [4.78, 5) is 17.9.